The highest BCUT2D eigenvalue weighted by Gasteiger charge is 2.28. The standard InChI is InChI=1S/C22H22N2O5S/c1-2-29-21-8-4-3-7-16(21)20-14-18(22(25)26)17-13-15(9-10-19(17)23-20)30(27,28)24-11-5-6-12-24/h3-4,7-10,13-14H,2,5-6,11-12H2,1H3,(H,25,26). The first-order valence-corrected chi connectivity index (χ1v) is 11.3. The average Bonchev–Trinajstić information content (AvgIpc) is 3.29. The molecule has 0 spiro atoms. The first-order chi connectivity index (χ1) is 14.4. The van der Waals surface area contributed by atoms with Crippen molar-refractivity contribution < 1.29 is 23.1 Å². The number of para-hydroxylation sites is 1. The normalized spacial score (nSPS) is 14.8. The van der Waals surface area contributed by atoms with Crippen LogP contribution in [0.1, 0.15) is 30.1 Å². The molecule has 1 N–H and O–H groups in total. The molecule has 1 aliphatic heterocycles. The number of sulfonamides is 1. The number of carboxylic acid groups (broad SMARTS) is 1. The number of hydrogen-bond donors (Lipinski definition) is 1. The van der Waals surface area contributed by atoms with E-state index >= 15 is 0 Å². The van der Waals surface area contributed by atoms with Gasteiger partial charge in [-0.2, -0.15) is 4.31 Å². The minimum atomic E-state index is -3.66. The molecule has 2 heterocycles. The van der Waals surface area contributed by atoms with Crippen LogP contribution >= 0.6 is 0 Å². The first kappa shape index (κ1) is 20.3. The van der Waals surface area contributed by atoms with Crippen LogP contribution in [0.5, 0.6) is 5.75 Å². The Kier molecular flexibility index (Phi) is 5.44. The number of aromatic carboxylic acids is 1. The lowest BCUT2D eigenvalue weighted by Gasteiger charge is -2.16. The van der Waals surface area contributed by atoms with Crippen LogP contribution < -0.4 is 4.74 Å². The Morgan fingerprint density at radius 3 is 2.57 bits per heavy atom. The van der Waals surface area contributed by atoms with Crippen LogP contribution in [-0.2, 0) is 10.0 Å². The molecule has 1 saturated heterocycles. The number of fused-ring (bicyclic) bond motifs is 1. The van der Waals surface area contributed by atoms with Gasteiger partial charge >= 0.3 is 5.97 Å². The second-order valence-corrected chi connectivity index (χ2v) is 9.02. The van der Waals surface area contributed by atoms with Crippen LogP contribution in [-0.4, -0.2) is 48.5 Å². The molecular formula is C22H22N2O5S. The van der Waals surface area contributed by atoms with Gasteiger partial charge in [0.25, 0.3) is 0 Å². The van der Waals surface area contributed by atoms with Gasteiger partial charge in [0.2, 0.25) is 10.0 Å². The molecule has 7 nitrogen and oxygen atoms in total. The van der Waals surface area contributed by atoms with E-state index in [1.54, 1.807) is 12.1 Å². The summed E-state index contributed by atoms with van der Waals surface area (Å²) in [6.07, 6.45) is 1.66. The average molecular weight is 426 g/mol. The highest BCUT2D eigenvalue weighted by molar-refractivity contribution is 7.89. The summed E-state index contributed by atoms with van der Waals surface area (Å²) < 4.78 is 32.9. The molecular weight excluding hydrogens is 404 g/mol. The van der Waals surface area contributed by atoms with Gasteiger partial charge in [0.15, 0.2) is 0 Å². The second-order valence-electron chi connectivity index (χ2n) is 7.08. The Hall–Kier alpha value is -2.97. The van der Waals surface area contributed by atoms with Gasteiger partial charge in [0, 0.05) is 24.0 Å². The van der Waals surface area contributed by atoms with Crippen molar-refractivity contribution in [1.29, 1.82) is 0 Å². The fraction of sp³-hybridized carbons (Fsp3) is 0.273. The number of pyridine rings is 1. The number of carbonyl (C=O) groups is 1. The summed E-state index contributed by atoms with van der Waals surface area (Å²) in [6, 6.07) is 13.2. The minimum Gasteiger partial charge on any atom is -0.493 e. The van der Waals surface area contributed by atoms with E-state index in [4.69, 9.17) is 4.74 Å². The maximum absolute atomic E-state index is 12.9. The van der Waals surface area contributed by atoms with E-state index in [1.807, 2.05) is 25.1 Å². The monoisotopic (exact) mass is 426 g/mol. The number of carboxylic acids is 1. The quantitative estimate of drug-likeness (QED) is 0.644. The molecule has 0 atom stereocenters. The highest BCUT2D eigenvalue weighted by atomic mass is 32.2. The summed E-state index contributed by atoms with van der Waals surface area (Å²) in [5.41, 5.74) is 1.55. The lowest BCUT2D eigenvalue weighted by Crippen LogP contribution is -2.27. The molecule has 0 aliphatic carbocycles. The lowest BCUT2D eigenvalue weighted by molar-refractivity contribution is 0.0699. The van der Waals surface area contributed by atoms with E-state index < -0.39 is 16.0 Å². The molecule has 1 aromatic heterocycles. The zero-order valence-electron chi connectivity index (χ0n) is 16.5. The molecule has 1 fully saturated rings. The minimum absolute atomic E-state index is 0.000210. The van der Waals surface area contributed by atoms with Crippen molar-refractivity contribution in [3.63, 3.8) is 0 Å². The predicted molar refractivity (Wildman–Crippen MR) is 113 cm³/mol. The molecule has 1 aliphatic rings. The van der Waals surface area contributed by atoms with Crippen LogP contribution in [0.2, 0.25) is 0 Å². The van der Waals surface area contributed by atoms with Crippen molar-refractivity contribution in [2.75, 3.05) is 19.7 Å². The van der Waals surface area contributed by atoms with Gasteiger partial charge < -0.3 is 9.84 Å². The molecule has 8 heteroatoms. The van der Waals surface area contributed by atoms with Crippen molar-refractivity contribution in [3.8, 4) is 17.0 Å². The van der Waals surface area contributed by atoms with E-state index in [-0.39, 0.29) is 10.5 Å². The zero-order valence-corrected chi connectivity index (χ0v) is 17.4. The number of aromatic nitrogens is 1. The number of rotatable bonds is 6. The van der Waals surface area contributed by atoms with Crippen molar-refractivity contribution in [2.24, 2.45) is 0 Å². The SMILES string of the molecule is CCOc1ccccc1-c1cc(C(=O)O)c2cc(S(=O)(=O)N3CCCC3)ccc2n1. The zero-order chi connectivity index (χ0) is 21.3. The Morgan fingerprint density at radius 1 is 1.13 bits per heavy atom. The Bertz CT molecular complexity index is 1220. The van der Waals surface area contributed by atoms with Crippen LogP contribution in [0.25, 0.3) is 22.2 Å². The lowest BCUT2D eigenvalue weighted by atomic mass is 10.0. The van der Waals surface area contributed by atoms with E-state index in [1.165, 1.54) is 22.5 Å². The molecule has 2 aromatic carbocycles. The molecule has 0 amide bonds. The van der Waals surface area contributed by atoms with E-state index in [2.05, 4.69) is 4.98 Å². The summed E-state index contributed by atoms with van der Waals surface area (Å²) in [5.74, 6) is -0.537. The van der Waals surface area contributed by atoms with Gasteiger partial charge in [-0.15, -0.1) is 0 Å². The van der Waals surface area contributed by atoms with Gasteiger partial charge in [0.05, 0.1) is 28.3 Å². The summed E-state index contributed by atoms with van der Waals surface area (Å²) in [6.45, 7) is 3.30. The molecule has 30 heavy (non-hydrogen) atoms. The van der Waals surface area contributed by atoms with Crippen molar-refractivity contribution in [3.05, 3.63) is 54.1 Å². The smallest absolute Gasteiger partial charge is 0.336 e. The third-order valence-corrected chi connectivity index (χ3v) is 7.07. The van der Waals surface area contributed by atoms with Crippen LogP contribution in [0, 0.1) is 0 Å². The van der Waals surface area contributed by atoms with Crippen LogP contribution in [0.4, 0.5) is 0 Å². The van der Waals surface area contributed by atoms with Gasteiger partial charge in [-0.05, 0) is 56.2 Å². The Labute approximate surface area is 175 Å². The third-order valence-electron chi connectivity index (χ3n) is 5.18. The van der Waals surface area contributed by atoms with E-state index in [0.29, 0.717) is 47.6 Å². The van der Waals surface area contributed by atoms with Crippen molar-refractivity contribution in [1.82, 2.24) is 9.29 Å². The fourth-order valence-electron chi connectivity index (χ4n) is 3.72. The molecule has 0 radical (unpaired) electrons. The fourth-order valence-corrected chi connectivity index (χ4v) is 5.26. The summed E-state index contributed by atoms with van der Waals surface area (Å²) >= 11 is 0. The predicted octanol–water partition coefficient (Wildman–Crippen LogP) is 3.78. The molecule has 3 aromatic rings. The molecule has 0 unspecified atom stereocenters. The van der Waals surface area contributed by atoms with Gasteiger partial charge in [0.1, 0.15) is 5.75 Å². The molecule has 156 valence electrons. The van der Waals surface area contributed by atoms with Gasteiger partial charge in [-0.25, -0.2) is 18.2 Å². The van der Waals surface area contributed by atoms with Gasteiger partial charge in [-0.1, -0.05) is 12.1 Å². The summed E-state index contributed by atoms with van der Waals surface area (Å²) in [7, 11) is -3.66. The maximum atomic E-state index is 12.9. The second kappa shape index (κ2) is 8.04. The largest absolute Gasteiger partial charge is 0.493 e. The molecule has 4 rings (SSSR count). The van der Waals surface area contributed by atoms with E-state index in [9.17, 15) is 18.3 Å². The Morgan fingerprint density at radius 2 is 1.87 bits per heavy atom. The van der Waals surface area contributed by atoms with Crippen LogP contribution in [0.15, 0.2) is 53.4 Å². The van der Waals surface area contributed by atoms with Crippen LogP contribution in [0.3, 0.4) is 0 Å². The van der Waals surface area contributed by atoms with Crippen molar-refractivity contribution >= 4 is 26.9 Å². The summed E-state index contributed by atoms with van der Waals surface area (Å²) in [5, 5.41) is 10.1. The summed E-state index contributed by atoms with van der Waals surface area (Å²) in [4.78, 5) is 16.7. The number of hydrogen-bond acceptors (Lipinski definition) is 5. The van der Waals surface area contributed by atoms with Gasteiger partial charge in [-0.3, -0.25) is 0 Å². The topological polar surface area (TPSA) is 96.8 Å². The first-order valence-electron chi connectivity index (χ1n) is 9.82. The van der Waals surface area contributed by atoms with Crippen molar-refractivity contribution in [2.45, 2.75) is 24.7 Å². The number of benzene rings is 2. The molecule has 0 bridgehead atoms. The van der Waals surface area contributed by atoms with E-state index in [0.717, 1.165) is 12.8 Å². The third kappa shape index (κ3) is 3.64. The number of nitrogens with zero attached hydrogens (tertiary/aromatic N) is 2. The molecule has 0 saturated carbocycles. The highest BCUT2D eigenvalue weighted by Crippen LogP contribution is 2.33. The maximum Gasteiger partial charge on any atom is 0.336 e. The Balaban J connectivity index is 1.88. The number of ether oxygens (including phenoxy) is 1.